The van der Waals surface area contributed by atoms with Crippen LogP contribution in [0.3, 0.4) is 0 Å². The molecule has 1 aromatic carbocycles. The molecule has 1 N–H and O–H groups in total. The molecule has 0 bridgehead atoms. The van der Waals surface area contributed by atoms with E-state index in [1.165, 1.54) is 19.2 Å². The molecular formula is C14H18FN3O. The number of hydrogen-bond acceptors (Lipinski definition) is 3. The Morgan fingerprint density at radius 1 is 1.42 bits per heavy atom. The molecule has 5 heteroatoms. The summed E-state index contributed by atoms with van der Waals surface area (Å²) in [6.07, 6.45) is 2.90. The van der Waals surface area contributed by atoms with Crippen LogP contribution in [-0.4, -0.2) is 23.2 Å². The molecule has 2 aromatic rings. The summed E-state index contributed by atoms with van der Waals surface area (Å²) in [4.78, 5) is 4.42. The maximum Gasteiger partial charge on any atom is 0.207 e. The Labute approximate surface area is 112 Å². The van der Waals surface area contributed by atoms with E-state index in [1.54, 1.807) is 6.07 Å². The van der Waals surface area contributed by atoms with Crippen LogP contribution in [0, 0.1) is 12.7 Å². The molecule has 0 aliphatic rings. The number of aromatic nitrogens is 2. The fraction of sp³-hybridized carbons (Fsp3) is 0.357. The zero-order valence-electron chi connectivity index (χ0n) is 11.4. The van der Waals surface area contributed by atoms with Crippen molar-refractivity contribution < 1.29 is 9.13 Å². The Morgan fingerprint density at radius 3 is 2.89 bits per heavy atom. The molecule has 0 unspecified atom stereocenters. The van der Waals surface area contributed by atoms with Gasteiger partial charge in [-0.25, -0.2) is 9.37 Å². The molecule has 4 nitrogen and oxygen atoms in total. The monoisotopic (exact) mass is 263 g/mol. The minimum Gasteiger partial charge on any atom is -0.494 e. The van der Waals surface area contributed by atoms with Gasteiger partial charge in [0.2, 0.25) is 5.95 Å². The first kappa shape index (κ1) is 13.4. The summed E-state index contributed by atoms with van der Waals surface area (Å²) in [7, 11) is 1.53. The largest absolute Gasteiger partial charge is 0.494 e. The number of methoxy groups -OCH3 is 1. The van der Waals surface area contributed by atoms with Crippen molar-refractivity contribution in [3.8, 4) is 11.4 Å². The summed E-state index contributed by atoms with van der Waals surface area (Å²) < 4.78 is 20.3. The second-order valence-electron chi connectivity index (χ2n) is 4.32. The Morgan fingerprint density at radius 2 is 2.21 bits per heavy atom. The van der Waals surface area contributed by atoms with Crippen LogP contribution in [0.2, 0.25) is 0 Å². The van der Waals surface area contributed by atoms with Crippen molar-refractivity contribution in [2.45, 2.75) is 20.3 Å². The lowest BCUT2D eigenvalue weighted by atomic mass is 10.3. The SMILES string of the molecule is CCCNc1nc(C)cn1-c1ccc(F)cc1OC. The van der Waals surface area contributed by atoms with Gasteiger partial charge in [0.15, 0.2) is 0 Å². The van der Waals surface area contributed by atoms with Gasteiger partial charge >= 0.3 is 0 Å². The first-order valence-electron chi connectivity index (χ1n) is 6.29. The lowest BCUT2D eigenvalue weighted by Gasteiger charge is -2.12. The minimum atomic E-state index is -0.319. The van der Waals surface area contributed by atoms with Crippen LogP contribution in [-0.2, 0) is 0 Å². The van der Waals surface area contributed by atoms with Gasteiger partial charge in [0.25, 0.3) is 0 Å². The molecule has 0 aliphatic carbocycles. The van der Waals surface area contributed by atoms with Crippen molar-refractivity contribution in [1.82, 2.24) is 9.55 Å². The van der Waals surface area contributed by atoms with E-state index in [2.05, 4.69) is 17.2 Å². The lowest BCUT2D eigenvalue weighted by Crippen LogP contribution is -2.07. The van der Waals surface area contributed by atoms with Crippen LogP contribution >= 0.6 is 0 Å². The van der Waals surface area contributed by atoms with Gasteiger partial charge in [0.05, 0.1) is 18.5 Å². The Bertz CT molecular complexity index is 566. The second-order valence-corrected chi connectivity index (χ2v) is 4.32. The predicted molar refractivity (Wildman–Crippen MR) is 73.6 cm³/mol. The predicted octanol–water partition coefficient (Wildman–Crippen LogP) is 3.15. The summed E-state index contributed by atoms with van der Waals surface area (Å²) in [5.74, 6) is 0.904. The van der Waals surface area contributed by atoms with Crippen LogP contribution in [0.25, 0.3) is 5.69 Å². The van der Waals surface area contributed by atoms with E-state index >= 15 is 0 Å². The molecule has 102 valence electrons. The minimum absolute atomic E-state index is 0.319. The molecule has 0 saturated heterocycles. The number of benzene rings is 1. The van der Waals surface area contributed by atoms with E-state index in [1.807, 2.05) is 17.7 Å². The number of ether oxygens (including phenoxy) is 1. The highest BCUT2D eigenvalue weighted by Crippen LogP contribution is 2.27. The van der Waals surface area contributed by atoms with Gasteiger partial charge < -0.3 is 10.1 Å². The first-order chi connectivity index (χ1) is 9.15. The van der Waals surface area contributed by atoms with Gasteiger partial charge in [0.1, 0.15) is 11.6 Å². The van der Waals surface area contributed by atoms with Crippen LogP contribution in [0.4, 0.5) is 10.3 Å². The normalized spacial score (nSPS) is 10.5. The average Bonchev–Trinajstić information content (AvgIpc) is 2.77. The molecule has 2 rings (SSSR count). The summed E-state index contributed by atoms with van der Waals surface area (Å²) in [5, 5.41) is 3.25. The van der Waals surface area contributed by atoms with Crippen molar-refractivity contribution >= 4 is 5.95 Å². The van der Waals surface area contributed by atoms with E-state index in [-0.39, 0.29) is 5.82 Å². The molecule has 0 fully saturated rings. The molecule has 0 spiro atoms. The van der Waals surface area contributed by atoms with Crippen molar-refractivity contribution in [3.05, 3.63) is 35.9 Å². The van der Waals surface area contributed by atoms with E-state index in [4.69, 9.17) is 4.74 Å². The van der Waals surface area contributed by atoms with Crippen LogP contribution < -0.4 is 10.1 Å². The van der Waals surface area contributed by atoms with E-state index in [9.17, 15) is 4.39 Å². The lowest BCUT2D eigenvalue weighted by molar-refractivity contribution is 0.409. The third-order valence-corrected chi connectivity index (χ3v) is 2.76. The van der Waals surface area contributed by atoms with Gasteiger partial charge in [-0.2, -0.15) is 0 Å². The maximum atomic E-state index is 13.2. The summed E-state index contributed by atoms with van der Waals surface area (Å²) in [5.41, 5.74) is 1.66. The smallest absolute Gasteiger partial charge is 0.207 e. The van der Waals surface area contributed by atoms with E-state index in [0.717, 1.165) is 30.3 Å². The molecular weight excluding hydrogens is 245 g/mol. The Balaban J connectivity index is 2.46. The zero-order chi connectivity index (χ0) is 13.8. The van der Waals surface area contributed by atoms with E-state index < -0.39 is 0 Å². The standard InChI is InChI=1S/C14H18FN3O/c1-4-7-16-14-17-10(2)9-18(14)12-6-5-11(15)8-13(12)19-3/h5-6,8-9H,4,7H2,1-3H3,(H,16,17). The summed E-state index contributed by atoms with van der Waals surface area (Å²) >= 11 is 0. The van der Waals surface area contributed by atoms with Crippen molar-refractivity contribution in [2.24, 2.45) is 0 Å². The number of hydrogen-bond donors (Lipinski definition) is 1. The maximum absolute atomic E-state index is 13.2. The fourth-order valence-electron chi connectivity index (χ4n) is 1.89. The first-order valence-corrected chi connectivity index (χ1v) is 6.29. The molecule has 0 amide bonds. The van der Waals surface area contributed by atoms with Crippen molar-refractivity contribution in [3.63, 3.8) is 0 Å². The molecule has 1 aromatic heterocycles. The van der Waals surface area contributed by atoms with Gasteiger partial charge in [-0.15, -0.1) is 0 Å². The quantitative estimate of drug-likeness (QED) is 0.900. The molecule has 19 heavy (non-hydrogen) atoms. The highest BCUT2D eigenvalue weighted by molar-refractivity contribution is 5.52. The fourth-order valence-corrected chi connectivity index (χ4v) is 1.89. The number of nitrogens with zero attached hydrogens (tertiary/aromatic N) is 2. The molecule has 0 radical (unpaired) electrons. The van der Waals surface area contributed by atoms with Gasteiger partial charge in [-0.1, -0.05) is 6.92 Å². The van der Waals surface area contributed by atoms with Gasteiger partial charge in [-0.05, 0) is 25.5 Å². The molecule has 0 saturated carbocycles. The van der Waals surface area contributed by atoms with Crippen molar-refractivity contribution in [1.29, 1.82) is 0 Å². The van der Waals surface area contributed by atoms with E-state index in [0.29, 0.717) is 5.75 Å². The van der Waals surface area contributed by atoms with Crippen molar-refractivity contribution in [2.75, 3.05) is 19.0 Å². The molecule has 1 heterocycles. The van der Waals surface area contributed by atoms with Crippen LogP contribution in [0.15, 0.2) is 24.4 Å². The number of anilines is 1. The third-order valence-electron chi connectivity index (χ3n) is 2.76. The number of aryl methyl sites for hydroxylation is 1. The number of halogens is 1. The van der Waals surface area contributed by atoms with Gasteiger partial charge in [-0.3, -0.25) is 4.57 Å². The van der Waals surface area contributed by atoms with Crippen LogP contribution in [0.5, 0.6) is 5.75 Å². The molecule has 0 atom stereocenters. The summed E-state index contributed by atoms with van der Waals surface area (Å²) in [6.45, 7) is 4.84. The van der Waals surface area contributed by atoms with Crippen LogP contribution in [0.1, 0.15) is 19.0 Å². The Hall–Kier alpha value is -2.04. The molecule has 0 aliphatic heterocycles. The zero-order valence-corrected chi connectivity index (χ0v) is 11.4. The topological polar surface area (TPSA) is 39.1 Å². The highest BCUT2D eigenvalue weighted by atomic mass is 19.1. The Kier molecular flexibility index (Phi) is 4.04. The van der Waals surface area contributed by atoms with Gasteiger partial charge in [0, 0.05) is 18.8 Å². The number of imidazole rings is 1. The third kappa shape index (κ3) is 2.86. The summed E-state index contributed by atoms with van der Waals surface area (Å²) in [6, 6.07) is 4.47. The number of rotatable bonds is 5. The average molecular weight is 263 g/mol. The number of nitrogens with one attached hydrogen (secondary N) is 1. The highest BCUT2D eigenvalue weighted by Gasteiger charge is 2.12. The second kappa shape index (κ2) is 5.73.